The van der Waals surface area contributed by atoms with Crippen molar-refractivity contribution in [1.29, 1.82) is 0 Å². The van der Waals surface area contributed by atoms with Gasteiger partial charge in [-0.2, -0.15) is 0 Å². The van der Waals surface area contributed by atoms with E-state index in [1.54, 1.807) is 0 Å². The Morgan fingerprint density at radius 2 is 2.33 bits per heavy atom. The molecule has 3 heteroatoms. The molecule has 6 heavy (non-hydrogen) atoms. The number of aliphatic hydroxyl groups excluding tert-OH is 1. The van der Waals surface area contributed by atoms with Gasteiger partial charge in [-0.3, -0.25) is 0 Å². The highest BCUT2D eigenvalue weighted by Gasteiger charge is 1.91. The molecular weight excluding hydrogens is 123 g/mol. The van der Waals surface area contributed by atoms with Gasteiger partial charge in [0.1, 0.15) is 5.56 Å². The van der Waals surface area contributed by atoms with Crippen LogP contribution in [-0.2, 0) is 0 Å². The summed E-state index contributed by atoms with van der Waals surface area (Å²) in [4.78, 5) is 0. The molecule has 0 aromatic heterocycles. The molecule has 1 unspecified atom stereocenters. The smallest absolute Gasteiger partial charge is 0.129 e. The van der Waals surface area contributed by atoms with Crippen molar-refractivity contribution in [2.75, 3.05) is 5.88 Å². The highest BCUT2D eigenvalue weighted by Crippen LogP contribution is 1.96. The maximum Gasteiger partial charge on any atom is 0.129 e. The van der Waals surface area contributed by atoms with Crippen LogP contribution in [-0.4, -0.2) is 16.5 Å². The van der Waals surface area contributed by atoms with E-state index >= 15 is 0 Å². The fraction of sp³-hybridized carbons (Fsp3) is 1.00. The molecule has 0 aliphatic heterocycles. The Morgan fingerprint density at radius 1 is 1.83 bits per heavy atom. The first-order chi connectivity index (χ1) is 2.77. The zero-order valence-corrected chi connectivity index (χ0v) is 4.71. The van der Waals surface area contributed by atoms with E-state index in [0.29, 0.717) is 12.3 Å². The summed E-state index contributed by atoms with van der Waals surface area (Å²) in [6.07, 6.45) is 0.461. The number of hydrogen-bond acceptors (Lipinski definition) is 1. The van der Waals surface area contributed by atoms with Gasteiger partial charge in [0.15, 0.2) is 0 Å². The predicted molar refractivity (Wildman–Crippen MR) is 28.3 cm³/mol. The van der Waals surface area contributed by atoms with Crippen molar-refractivity contribution >= 4 is 23.2 Å². The summed E-state index contributed by atoms with van der Waals surface area (Å²) >= 11 is 10.2. The molecule has 39 valence electrons. The van der Waals surface area contributed by atoms with Crippen LogP contribution in [0.3, 0.4) is 0 Å². The van der Waals surface area contributed by atoms with E-state index in [0.717, 1.165) is 0 Å². The number of hydrogen-bond donors (Lipinski definition) is 1. The quantitative estimate of drug-likeness (QED) is 0.558. The Kier molecular flexibility index (Phi) is 4.06. The summed E-state index contributed by atoms with van der Waals surface area (Å²) in [5.41, 5.74) is -0.762. The molecule has 0 saturated carbocycles. The molecule has 0 amide bonds. The van der Waals surface area contributed by atoms with Crippen molar-refractivity contribution in [2.24, 2.45) is 0 Å². The lowest BCUT2D eigenvalue weighted by Gasteiger charge is -1.91. The van der Waals surface area contributed by atoms with Gasteiger partial charge in [-0.25, -0.2) is 0 Å². The third-order valence-electron chi connectivity index (χ3n) is 0.347. The molecule has 0 aromatic rings. The lowest BCUT2D eigenvalue weighted by atomic mass is 10.5. The van der Waals surface area contributed by atoms with E-state index in [9.17, 15) is 0 Å². The average Bonchev–Trinajstić information content (AvgIpc) is 1.35. The van der Waals surface area contributed by atoms with Crippen LogP contribution in [0.2, 0.25) is 0 Å². The van der Waals surface area contributed by atoms with E-state index in [2.05, 4.69) is 0 Å². The number of alkyl halides is 2. The van der Waals surface area contributed by atoms with Crippen molar-refractivity contribution in [3.63, 3.8) is 0 Å². The lowest BCUT2D eigenvalue weighted by Crippen LogP contribution is -1.94. The first-order valence-electron chi connectivity index (χ1n) is 1.65. The van der Waals surface area contributed by atoms with Crippen molar-refractivity contribution in [2.45, 2.75) is 12.0 Å². The Balaban J connectivity index is 0. The predicted octanol–water partition coefficient (Wildman–Crippen LogP) is 1.29. The second-order valence-corrected chi connectivity index (χ2v) is 1.79. The van der Waals surface area contributed by atoms with Crippen molar-refractivity contribution in [3.05, 3.63) is 0 Å². The average molecular weight is 130 g/mol. The fourth-order valence-electron chi connectivity index (χ4n) is 0.0900. The first-order valence-corrected chi connectivity index (χ1v) is 2.62. The van der Waals surface area contributed by atoms with E-state index in [4.69, 9.17) is 28.3 Å². The van der Waals surface area contributed by atoms with Gasteiger partial charge in [0, 0.05) is 13.7 Å². The molecule has 0 aliphatic rings. The number of rotatable bonds is 2. The van der Waals surface area contributed by atoms with Gasteiger partial charge in [-0.15, -0.1) is 11.6 Å². The topological polar surface area (TPSA) is 20.2 Å². The lowest BCUT2D eigenvalue weighted by molar-refractivity contribution is 0.253. The SMILES string of the molecule is OC(Cl)CCCl.[H]. The maximum atomic E-state index is 8.23. The highest BCUT2D eigenvalue weighted by molar-refractivity contribution is 6.21. The van der Waals surface area contributed by atoms with Crippen LogP contribution in [0, 0.1) is 0 Å². The largest absolute Gasteiger partial charge is 0.378 e. The van der Waals surface area contributed by atoms with Gasteiger partial charge in [-0.05, 0) is 0 Å². The third-order valence-corrected chi connectivity index (χ3v) is 0.784. The molecule has 1 nitrogen and oxygen atoms in total. The van der Waals surface area contributed by atoms with Crippen LogP contribution in [0.5, 0.6) is 0 Å². The molecule has 0 fully saturated rings. The molecule has 1 N–H and O–H groups in total. The van der Waals surface area contributed by atoms with Crippen molar-refractivity contribution in [1.82, 2.24) is 0 Å². The monoisotopic (exact) mass is 129 g/mol. The van der Waals surface area contributed by atoms with E-state index in [1.807, 2.05) is 0 Å². The Morgan fingerprint density at radius 3 is 2.33 bits per heavy atom. The van der Waals surface area contributed by atoms with Gasteiger partial charge in [0.2, 0.25) is 0 Å². The summed E-state index contributed by atoms with van der Waals surface area (Å²) in [5, 5.41) is 8.23. The second kappa shape index (κ2) is 3.72. The van der Waals surface area contributed by atoms with Gasteiger partial charge < -0.3 is 5.11 Å². The number of halogens is 2. The van der Waals surface area contributed by atoms with Crippen LogP contribution >= 0.6 is 23.2 Å². The first kappa shape index (κ1) is 6.54. The van der Waals surface area contributed by atoms with E-state index in [-0.39, 0.29) is 1.43 Å². The summed E-state index contributed by atoms with van der Waals surface area (Å²) < 4.78 is 0. The molecule has 1 radical (unpaired) electrons. The molecule has 1 atom stereocenters. The van der Waals surface area contributed by atoms with Crippen LogP contribution in [0.1, 0.15) is 7.85 Å². The molecule has 0 aromatic carbocycles. The standard InChI is InChI=1S/C3H6Cl2O.H/c4-2-1-3(5)6;/h3,6H,1-2H2;. The van der Waals surface area contributed by atoms with Crippen LogP contribution in [0.4, 0.5) is 0 Å². The Hall–Kier alpha value is 0.540. The molecule has 0 rings (SSSR count). The maximum absolute atomic E-state index is 8.23. The minimum Gasteiger partial charge on any atom is -0.378 e. The second-order valence-electron chi connectivity index (χ2n) is 0.912. The highest BCUT2D eigenvalue weighted by atomic mass is 35.5. The summed E-state index contributed by atoms with van der Waals surface area (Å²) in [6.45, 7) is 0. The Bertz CT molecular complexity index is 34.1. The van der Waals surface area contributed by atoms with Crippen LogP contribution < -0.4 is 0 Å². The fourth-order valence-corrected chi connectivity index (χ4v) is 0.518. The summed E-state index contributed by atoms with van der Waals surface area (Å²) in [7, 11) is 0. The minimum absolute atomic E-state index is 0. The number of aliphatic hydroxyl groups is 1. The molecular formula is C3H7Cl2O. The van der Waals surface area contributed by atoms with E-state index in [1.165, 1.54) is 0 Å². The summed E-state index contributed by atoms with van der Waals surface area (Å²) in [6, 6.07) is 0. The molecule has 0 aliphatic carbocycles. The van der Waals surface area contributed by atoms with E-state index < -0.39 is 5.56 Å². The van der Waals surface area contributed by atoms with Gasteiger partial charge >= 0.3 is 0 Å². The zero-order valence-electron chi connectivity index (χ0n) is 4.19. The molecule has 0 heterocycles. The van der Waals surface area contributed by atoms with Crippen molar-refractivity contribution in [3.8, 4) is 0 Å². The van der Waals surface area contributed by atoms with Gasteiger partial charge in [0.25, 0.3) is 0 Å². The van der Waals surface area contributed by atoms with Crippen LogP contribution in [0.15, 0.2) is 0 Å². The summed E-state index contributed by atoms with van der Waals surface area (Å²) in [5.74, 6) is 0.421. The molecule has 0 bridgehead atoms. The van der Waals surface area contributed by atoms with Gasteiger partial charge in [0.05, 0.1) is 0 Å². The third kappa shape index (κ3) is 4.54. The van der Waals surface area contributed by atoms with Crippen LogP contribution in [0.25, 0.3) is 0 Å². The molecule has 0 saturated heterocycles. The van der Waals surface area contributed by atoms with Gasteiger partial charge in [-0.1, -0.05) is 11.6 Å². The van der Waals surface area contributed by atoms with Crippen molar-refractivity contribution < 1.29 is 6.53 Å². The minimum atomic E-state index is -0.762. The zero-order chi connectivity index (χ0) is 4.99. The molecule has 0 spiro atoms. The normalized spacial score (nSPS) is 14.5. The Labute approximate surface area is 48.4 Å².